The molecule has 0 saturated carbocycles. The van der Waals surface area contributed by atoms with Crippen LogP contribution in [0.2, 0.25) is 0 Å². The van der Waals surface area contributed by atoms with E-state index in [1.807, 2.05) is 30.3 Å². The Kier molecular flexibility index (Phi) is 5.36. The zero-order valence-electron chi connectivity index (χ0n) is 11.2. The van der Waals surface area contributed by atoms with E-state index in [0.29, 0.717) is 19.5 Å². The predicted molar refractivity (Wildman–Crippen MR) is 74.7 cm³/mol. The molecule has 0 radical (unpaired) electrons. The first-order chi connectivity index (χ1) is 9.29. The van der Waals surface area contributed by atoms with Crippen molar-refractivity contribution in [2.75, 3.05) is 19.7 Å². The average Bonchev–Trinajstić information content (AvgIpc) is 2.96. The maximum atomic E-state index is 12.1. The Morgan fingerprint density at radius 1 is 1.42 bits per heavy atom. The minimum atomic E-state index is -0.163. The van der Waals surface area contributed by atoms with Crippen LogP contribution >= 0.6 is 0 Å². The van der Waals surface area contributed by atoms with Crippen LogP contribution in [0, 0.1) is 5.92 Å². The van der Waals surface area contributed by atoms with Gasteiger partial charge in [-0.2, -0.15) is 0 Å². The van der Waals surface area contributed by atoms with Gasteiger partial charge in [0.1, 0.15) is 0 Å². The van der Waals surface area contributed by atoms with Crippen LogP contribution in [0.1, 0.15) is 18.4 Å². The van der Waals surface area contributed by atoms with E-state index < -0.39 is 0 Å². The van der Waals surface area contributed by atoms with Crippen molar-refractivity contribution >= 4 is 5.91 Å². The van der Waals surface area contributed by atoms with Crippen LogP contribution in [0.5, 0.6) is 0 Å². The van der Waals surface area contributed by atoms with Crippen molar-refractivity contribution in [3.63, 3.8) is 0 Å². The Morgan fingerprint density at radius 3 is 2.84 bits per heavy atom. The number of ether oxygens (including phenoxy) is 1. The molecule has 4 heteroatoms. The normalized spacial score (nSPS) is 20.2. The lowest BCUT2D eigenvalue weighted by Gasteiger charge is -2.17. The second-order valence-electron chi connectivity index (χ2n) is 5.00. The van der Waals surface area contributed by atoms with Crippen molar-refractivity contribution < 1.29 is 9.53 Å². The molecule has 19 heavy (non-hydrogen) atoms. The second-order valence-corrected chi connectivity index (χ2v) is 5.00. The van der Waals surface area contributed by atoms with E-state index in [-0.39, 0.29) is 17.9 Å². The van der Waals surface area contributed by atoms with Gasteiger partial charge in [0.05, 0.1) is 12.0 Å². The molecule has 1 amide bonds. The summed E-state index contributed by atoms with van der Waals surface area (Å²) in [5.74, 6) is -0.134. The molecule has 0 spiro atoms. The zero-order valence-corrected chi connectivity index (χ0v) is 11.2. The lowest BCUT2D eigenvalue weighted by Crippen LogP contribution is -2.39. The van der Waals surface area contributed by atoms with Gasteiger partial charge in [-0.05, 0) is 24.8 Å². The monoisotopic (exact) mass is 262 g/mol. The van der Waals surface area contributed by atoms with E-state index in [2.05, 4.69) is 5.32 Å². The first kappa shape index (κ1) is 14.0. The topological polar surface area (TPSA) is 64.4 Å². The molecule has 1 aliphatic heterocycles. The number of benzene rings is 1. The summed E-state index contributed by atoms with van der Waals surface area (Å²) in [6, 6.07) is 9.98. The Bertz CT molecular complexity index is 388. The second kappa shape index (κ2) is 7.26. The molecule has 1 heterocycles. The number of hydrogen-bond donors (Lipinski definition) is 2. The maximum absolute atomic E-state index is 12.1. The van der Waals surface area contributed by atoms with Crippen LogP contribution in [-0.2, 0) is 16.0 Å². The highest BCUT2D eigenvalue weighted by atomic mass is 16.5. The molecule has 1 fully saturated rings. The number of amides is 1. The van der Waals surface area contributed by atoms with Crippen LogP contribution in [0.25, 0.3) is 0 Å². The third-order valence-electron chi connectivity index (χ3n) is 3.51. The van der Waals surface area contributed by atoms with Gasteiger partial charge in [0.15, 0.2) is 0 Å². The number of nitrogens with two attached hydrogens (primary N) is 1. The van der Waals surface area contributed by atoms with Crippen molar-refractivity contribution in [3.05, 3.63) is 35.9 Å². The fraction of sp³-hybridized carbons (Fsp3) is 0.533. The minimum absolute atomic E-state index is 0.0295. The standard InChI is InChI=1S/C15H22N2O2/c16-10-13(9-12-5-2-1-3-6-12)15(18)17-11-14-7-4-8-19-14/h1-3,5-6,13-14H,4,7-11,16H2,(H,17,18). The number of nitrogens with one attached hydrogen (secondary N) is 1. The Morgan fingerprint density at radius 2 is 2.21 bits per heavy atom. The van der Waals surface area contributed by atoms with Gasteiger partial charge in [-0.3, -0.25) is 4.79 Å². The van der Waals surface area contributed by atoms with Crippen molar-refractivity contribution in [1.82, 2.24) is 5.32 Å². The van der Waals surface area contributed by atoms with Gasteiger partial charge < -0.3 is 15.8 Å². The van der Waals surface area contributed by atoms with Crippen molar-refractivity contribution in [1.29, 1.82) is 0 Å². The van der Waals surface area contributed by atoms with Crippen molar-refractivity contribution in [3.8, 4) is 0 Å². The van der Waals surface area contributed by atoms with Gasteiger partial charge in [0.2, 0.25) is 5.91 Å². The number of hydrogen-bond acceptors (Lipinski definition) is 3. The van der Waals surface area contributed by atoms with E-state index >= 15 is 0 Å². The molecule has 4 nitrogen and oxygen atoms in total. The summed E-state index contributed by atoms with van der Waals surface area (Å²) in [7, 11) is 0. The van der Waals surface area contributed by atoms with Gasteiger partial charge in [-0.15, -0.1) is 0 Å². The van der Waals surface area contributed by atoms with Crippen LogP contribution < -0.4 is 11.1 Å². The Labute approximate surface area is 114 Å². The van der Waals surface area contributed by atoms with Crippen LogP contribution in [0.4, 0.5) is 0 Å². The molecule has 1 aromatic rings. The van der Waals surface area contributed by atoms with Crippen molar-refractivity contribution in [2.45, 2.75) is 25.4 Å². The lowest BCUT2D eigenvalue weighted by molar-refractivity contribution is -0.125. The van der Waals surface area contributed by atoms with Crippen LogP contribution in [0.3, 0.4) is 0 Å². The van der Waals surface area contributed by atoms with Gasteiger partial charge in [-0.1, -0.05) is 30.3 Å². The molecule has 0 bridgehead atoms. The lowest BCUT2D eigenvalue weighted by atomic mass is 9.98. The predicted octanol–water partition coefficient (Wildman–Crippen LogP) is 1.10. The molecule has 0 aromatic heterocycles. The van der Waals surface area contributed by atoms with E-state index in [1.165, 1.54) is 0 Å². The van der Waals surface area contributed by atoms with E-state index in [1.54, 1.807) is 0 Å². The average molecular weight is 262 g/mol. The van der Waals surface area contributed by atoms with Gasteiger partial charge >= 0.3 is 0 Å². The molecule has 3 N–H and O–H groups in total. The molecule has 1 aromatic carbocycles. The summed E-state index contributed by atoms with van der Waals surface area (Å²) in [6.45, 7) is 1.78. The third kappa shape index (κ3) is 4.33. The Hall–Kier alpha value is -1.39. The van der Waals surface area contributed by atoms with Gasteiger partial charge in [0, 0.05) is 19.7 Å². The van der Waals surface area contributed by atoms with E-state index in [0.717, 1.165) is 25.0 Å². The molecule has 104 valence electrons. The van der Waals surface area contributed by atoms with Gasteiger partial charge in [-0.25, -0.2) is 0 Å². The fourth-order valence-electron chi connectivity index (χ4n) is 2.35. The number of carbonyl (C=O) groups is 1. The highest BCUT2D eigenvalue weighted by Crippen LogP contribution is 2.12. The summed E-state index contributed by atoms with van der Waals surface area (Å²) >= 11 is 0. The zero-order chi connectivity index (χ0) is 13.5. The number of carbonyl (C=O) groups excluding carboxylic acids is 1. The summed E-state index contributed by atoms with van der Waals surface area (Å²) in [5.41, 5.74) is 6.86. The SMILES string of the molecule is NCC(Cc1ccccc1)C(=O)NCC1CCCO1. The molecule has 1 aliphatic rings. The first-order valence-corrected chi connectivity index (χ1v) is 6.93. The summed E-state index contributed by atoms with van der Waals surface area (Å²) < 4.78 is 5.49. The Balaban J connectivity index is 1.81. The quantitative estimate of drug-likeness (QED) is 0.807. The summed E-state index contributed by atoms with van der Waals surface area (Å²) in [5, 5.41) is 2.95. The summed E-state index contributed by atoms with van der Waals surface area (Å²) in [4.78, 5) is 12.1. The largest absolute Gasteiger partial charge is 0.376 e. The third-order valence-corrected chi connectivity index (χ3v) is 3.51. The molecule has 2 atom stereocenters. The molecule has 1 saturated heterocycles. The summed E-state index contributed by atoms with van der Waals surface area (Å²) in [6.07, 6.45) is 2.99. The fourth-order valence-corrected chi connectivity index (χ4v) is 2.35. The van der Waals surface area contributed by atoms with E-state index in [9.17, 15) is 4.79 Å². The maximum Gasteiger partial charge on any atom is 0.224 e. The molecular formula is C15H22N2O2. The number of rotatable bonds is 6. The molecule has 2 unspecified atom stereocenters. The highest BCUT2D eigenvalue weighted by molar-refractivity contribution is 5.79. The molecule has 0 aliphatic carbocycles. The first-order valence-electron chi connectivity index (χ1n) is 6.93. The minimum Gasteiger partial charge on any atom is -0.376 e. The highest BCUT2D eigenvalue weighted by Gasteiger charge is 2.20. The molecular weight excluding hydrogens is 240 g/mol. The smallest absolute Gasteiger partial charge is 0.224 e. The van der Waals surface area contributed by atoms with Crippen LogP contribution in [0.15, 0.2) is 30.3 Å². The van der Waals surface area contributed by atoms with Crippen LogP contribution in [-0.4, -0.2) is 31.7 Å². The van der Waals surface area contributed by atoms with Gasteiger partial charge in [0.25, 0.3) is 0 Å². The van der Waals surface area contributed by atoms with E-state index in [4.69, 9.17) is 10.5 Å². The van der Waals surface area contributed by atoms with Crippen molar-refractivity contribution in [2.24, 2.45) is 11.7 Å². The molecule has 2 rings (SSSR count).